The number of carboxylic acid groups (broad SMARTS) is 1. The monoisotopic (exact) mass is 404 g/mol. The van der Waals surface area contributed by atoms with Crippen LogP contribution in [0.2, 0.25) is 0 Å². The molecular formula is C27H32O3. The summed E-state index contributed by atoms with van der Waals surface area (Å²) >= 11 is 0. The fraction of sp³-hybridized carbons (Fsp3) is 0.519. The van der Waals surface area contributed by atoms with Crippen LogP contribution in [0, 0.1) is 22.7 Å². The fourth-order valence-corrected chi connectivity index (χ4v) is 7.08. The maximum atomic E-state index is 12.2. The van der Waals surface area contributed by atoms with Gasteiger partial charge in [-0.2, -0.15) is 0 Å². The number of fused-ring (bicyclic) bond motifs is 5. The number of carbonyl (C=O) groups is 1. The standard InChI is InChI=1S/C27H32O3/c1-26-16-7-6-8-18(26)11-12-20-21-13-14-23(27(21,2)17-15-22(20)26)24(25(28)29)30-19-9-4-3-5-10-19/h3-5,8-10,15,20-21H,6-7,11-14,16-17H2,1-2H3,(H,28,29)/t20-,21-,26-,27-/m0/s1. The van der Waals surface area contributed by atoms with Crippen LogP contribution in [0.1, 0.15) is 65.2 Å². The summed E-state index contributed by atoms with van der Waals surface area (Å²) in [5.74, 6) is 0.903. The maximum Gasteiger partial charge on any atom is 0.371 e. The molecule has 0 heterocycles. The van der Waals surface area contributed by atoms with Gasteiger partial charge in [-0.05, 0) is 86.3 Å². The van der Waals surface area contributed by atoms with Crippen molar-refractivity contribution in [1.29, 1.82) is 0 Å². The summed E-state index contributed by atoms with van der Waals surface area (Å²) in [6.07, 6.45) is 14.0. The highest BCUT2D eigenvalue weighted by molar-refractivity contribution is 5.86. The topological polar surface area (TPSA) is 46.5 Å². The third kappa shape index (κ3) is 2.89. The molecule has 3 heteroatoms. The first-order valence-electron chi connectivity index (χ1n) is 11.5. The van der Waals surface area contributed by atoms with E-state index in [-0.39, 0.29) is 16.6 Å². The molecular weight excluding hydrogens is 372 g/mol. The Morgan fingerprint density at radius 3 is 2.67 bits per heavy atom. The zero-order valence-corrected chi connectivity index (χ0v) is 18.1. The molecule has 0 radical (unpaired) electrons. The smallest absolute Gasteiger partial charge is 0.371 e. The fourth-order valence-electron chi connectivity index (χ4n) is 7.08. The Balaban J connectivity index is 1.54. The van der Waals surface area contributed by atoms with E-state index in [0.29, 0.717) is 17.6 Å². The van der Waals surface area contributed by atoms with Crippen LogP contribution in [0.4, 0.5) is 0 Å². The van der Waals surface area contributed by atoms with E-state index in [2.05, 4.69) is 26.0 Å². The number of para-hydroxylation sites is 1. The van der Waals surface area contributed by atoms with Gasteiger partial charge in [-0.1, -0.05) is 55.3 Å². The number of ether oxygens (including phenoxy) is 1. The Kier molecular flexibility index (Phi) is 4.68. The summed E-state index contributed by atoms with van der Waals surface area (Å²) in [5.41, 5.74) is 4.44. The van der Waals surface area contributed by atoms with E-state index in [4.69, 9.17) is 4.74 Å². The van der Waals surface area contributed by atoms with Crippen molar-refractivity contribution >= 4 is 5.97 Å². The molecule has 0 saturated heterocycles. The molecule has 4 aliphatic rings. The van der Waals surface area contributed by atoms with E-state index in [1.165, 1.54) is 32.1 Å². The van der Waals surface area contributed by atoms with Gasteiger partial charge >= 0.3 is 5.97 Å². The van der Waals surface area contributed by atoms with Crippen molar-refractivity contribution in [3.05, 3.63) is 65.0 Å². The molecule has 0 amide bonds. The molecule has 1 aromatic carbocycles. The molecule has 2 saturated carbocycles. The van der Waals surface area contributed by atoms with Crippen LogP contribution in [0.15, 0.2) is 65.0 Å². The van der Waals surface area contributed by atoms with E-state index in [9.17, 15) is 9.90 Å². The molecule has 158 valence electrons. The number of aliphatic carboxylic acids is 1. The first-order valence-corrected chi connectivity index (χ1v) is 11.5. The lowest BCUT2D eigenvalue weighted by atomic mass is 9.52. The van der Waals surface area contributed by atoms with Crippen molar-refractivity contribution in [1.82, 2.24) is 0 Å². The second-order valence-corrected chi connectivity index (χ2v) is 10.1. The Morgan fingerprint density at radius 2 is 1.90 bits per heavy atom. The second-order valence-electron chi connectivity index (χ2n) is 10.1. The Hall–Kier alpha value is -2.29. The normalized spacial score (nSPS) is 36.6. The molecule has 2 fully saturated rings. The van der Waals surface area contributed by atoms with Gasteiger partial charge < -0.3 is 9.84 Å². The summed E-state index contributed by atoms with van der Waals surface area (Å²) in [6.45, 7) is 4.75. The number of benzene rings is 1. The quantitative estimate of drug-likeness (QED) is 0.347. The van der Waals surface area contributed by atoms with Gasteiger partial charge in [0.15, 0.2) is 0 Å². The van der Waals surface area contributed by atoms with E-state index >= 15 is 0 Å². The predicted octanol–water partition coefficient (Wildman–Crippen LogP) is 6.68. The lowest BCUT2D eigenvalue weighted by molar-refractivity contribution is -0.135. The lowest BCUT2D eigenvalue weighted by Crippen LogP contribution is -2.43. The molecule has 0 aromatic heterocycles. The van der Waals surface area contributed by atoms with E-state index < -0.39 is 5.97 Å². The molecule has 3 nitrogen and oxygen atoms in total. The van der Waals surface area contributed by atoms with Crippen molar-refractivity contribution in [3.63, 3.8) is 0 Å². The lowest BCUT2D eigenvalue weighted by Gasteiger charge is -2.53. The molecule has 1 N–H and O–H groups in total. The van der Waals surface area contributed by atoms with Gasteiger partial charge in [0.25, 0.3) is 0 Å². The second kappa shape index (κ2) is 7.14. The highest BCUT2D eigenvalue weighted by atomic mass is 16.5. The van der Waals surface area contributed by atoms with Crippen LogP contribution >= 0.6 is 0 Å². The maximum absolute atomic E-state index is 12.2. The first kappa shape index (κ1) is 19.7. The van der Waals surface area contributed by atoms with Gasteiger partial charge in [0, 0.05) is 5.41 Å². The first-order chi connectivity index (χ1) is 14.4. The summed E-state index contributed by atoms with van der Waals surface area (Å²) in [7, 11) is 0. The Labute approximate surface area is 179 Å². The highest BCUT2D eigenvalue weighted by Crippen LogP contribution is 2.64. The minimum absolute atomic E-state index is 0.122. The van der Waals surface area contributed by atoms with Crippen molar-refractivity contribution in [2.45, 2.75) is 65.2 Å². The van der Waals surface area contributed by atoms with Gasteiger partial charge in [0.1, 0.15) is 5.75 Å². The third-order valence-corrected chi connectivity index (χ3v) is 8.62. The van der Waals surface area contributed by atoms with Gasteiger partial charge in [0.05, 0.1) is 0 Å². The third-order valence-electron chi connectivity index (χ3n) is 8.62. The van der Waals surface area contributed by atoms with Crippen LogP contribution in [0.5, 0.6) is 5.75 Å². The zero-order chi connectivity index (χ0) is 20.9. The van der Waals surface area contributed by atoms with Crippen LogP contribution in [-0.2, 0) is 4.79 Å². The van der Waals surface area contributed by atoms with Crippen molar-refractivity contribution in [2.75, 3.05) is 0 Å². The van der Waals surface area contributed by atoms with Crippen molar-refractivity contribution < 1.29 is 14.6 Å². The average Bonchev–Trinajstić information content (AvgIpc) is 3.09. The molecule has 0 unspecified atom stereocenters. The van der Waals surface area contributed by atoms with Gasteiger partial charge in [-0.3, -0.25) is 0 Å². The van der Waals surface area contributed by atoms with E-state index in [1.54, 1.807) is 11.1 Å². The number of hydrogen-bond acceptors (Lipinski definition) is 2. The zero-order valence-electron chi connectivity index (χ0n) is 18.1. The number of allylic oxidation sites excluding steroid dienone is 5. The molecule has 5 rings (SSSR count). The molecule has 4 aliphatic carbocycles. The Morgan fingerprint density at radius 1 is 1.10 bits per heavy atom. The molecule has 4 atom stereocenters. The molecule has 0 aliphatic heterocycles. The molecule has 0 spiro atoms. The number of rotatable bonds is 3. The highest BCUT2D eigenvalue weighted by Gasteiger charge is 2.55. The van der Waals surface area contributed by atoms with Crippen LogP contribution in [-0.4, -0.2) is 11.1 Å². The van der Waals surface area contributed by atoms with Gasteiger partial charge in [0.2, 0.25) is 5.76 Å². The van der Waals surface area contributed by atoms with Gasteiger partial charge in [-0.15, -0.1) is 0 Å². The molecule has 0 bridgehead atoms. The Bertz CT molecular complexity index is 954. The van der Waals surface area contributed by atoms with Crippen LogP contribution in [0.25, 0.3) is 0 Å². The summed E-state index contributed by atoms with van der Waals surface area (Å²) in [5, 5.41) is 10.0. The summed E-state index contributed by atoms with van der Waals surface area (Å²) in [4.78, 5) is 12.2. The minimum Gasteiger partial charge on any atom is -0.475 e. The van der Waals surface area contributed by atoms with Crippen molar-refractivity contribution in [2.24, 2.45) is 22.7 Å². The largest absolute Gasteiger partial charge is 0.475 e. The van der Waals surface area contributed by atoms with Crippen LogP contribution in [0.3, 0.4) is 0 Å². The van der Waals surface area contributed by atoms with Crippen LogP contribution < -0.4 is 4.74 Å². The van der Waals surface area contributed by atoms with E-state index in [0.717, 1.165) is 24.8 Å². The number of carboxylic acids is 1. The molecule has 1 aromatic rings. The average molecular weight is 405 g/mol. The predicted molar refractivity (Wildman–Crippen MR) is 118 cm³/mol. The van der Waals surface area contributed by atoms with Crippen molar-refractivity contribution in [3.8, 4) is 5.75 Å². The molecule has 30 heavy (non-hydrogen) atoms. The summed E-state index contributed by atoms with van der Waals surface area (Å²) < 4.78 is 5.97. The van der Waals surface area contributed by atoms with Gasteiger partial charge in [-0.25, -0.2) is 4.79 Å². The minimum atomic E-state index is -0.946. The SMILES string of the molecule is C[C@]12CCCC=C1CC[C@@H]1C2=CC[C@]2(C)C(=C(Oc3ccccc3)C(=O)O)CC[C@@H]12. The summed E-state index contributed by atoms with van der Waals surface area (Å²) in [6, 6.07) is 9.34. The number of hydrogen-bond donors (Lipinski definition) is 1. The van der Waals surface area contributed by atoms with E-state index in [1.807, 2.05) is 30.3 Å².